The molecule has 1 fully saturated rings. The van der Waals surface area contributed by atoms with Crippen molar-refractivity contribution >= 4 is 11.3 Å². The Balaban J connectivity index is 2.03. The predicted molar refractivity (Wildman–Crippen MR) is 60.2 cm³/mol. The molecule has 0 saturated carbocycles. The van der Waals surface area contributed by atoms with Gasteiger partial charge < -0.3 is 10.5 Å². The zero-order chi connectivity index (χ0) is 11.0. The lowest BCUT2D eigenvalue weighted by atomic mass is 9.94. The molecule has 0 aliphatic carbocycles. The lowest BCUT2D eigenvalue weighted by molar-refractivity contribution is 0.0855. The molecular weight excluding hydrogens is 204 g/mol. The Morgan fingerprint density at radius 3 is 2.94 bits per heavy atom. The number of aromatic nitrogens is 3. The van der Waals surface area contributed by atoms with Crippen molar-refractivity contribution in [3.63, 3.8) is 0 Å². The van der Waals surface area contributed by atoms with Gasteiger partial charge >= 0.3 is 0 Å². The van der Waals surface area contributed by atoms with E-state index in [0.717, 1.165) is 31.7 Å². The lowest BCUT2D eigenvalue weighted by Gasteiger charge is -2.20. The maximum atomic E-state index is 5.67. The van der Waals surface area contributed by atoms with Crippen LogP contribution in [0.1, 0.15) is 24.3 Å². The van der Waals surface area contributed by atoms with Crippen molar-refractivity contribution < 1.29 is 4.74 Å². The first kappa shape index (κ1) is 9.59. The monoisotopic (exact) mass is 218 g/mol. The first-order valence-corrected chi connectivity index (χ1v) is 5.51. The molecule has 0 aromatic carbocycles. The molecule has 3 rings (SSSR count). The number of hydrogen-bond donors (Lipinski definition) is 1. The van der Waals surface area contributed by atoms with E-state index in [1.807, 2.05) is 6.20 Å². The molecule has 0 atom stereocenters. The first-order valence-electron chi connectivity index (χ1n) is 5.51. The van der Waals surface area contributed by atoms with Crippen LogP contribution in [0.15, 0.2) is 18.6 Å². The molecule has 16 heavy (non-hydrogen) atoms. The summed E-state index contributed by atoms with van der Waals surface area (Å²) in [4.78, 5) is 4.35. The Kier molecular flexibility index (Phi) is 2.25. The number of ether oxygens (including phenoxy) is 1. The van der Waals surface area contributed by atoms with Gasteiger partial charge in [-0.25, -0.2) is 9.50 Å². The standard InChI is InChI=1S/C11H14N4O/c12-9-5-13-11-10(6-14-15(11)7-9)8-1-3-16-4-2-8/h5-8H,1-4,12H2. The van der Waals surface area contributed by atoms with Crippen LogP contribution in [-0.4, -0.2) is 27.8 Å². The molecule has 0 spiro atoms. The van der Waals surface area contributed by atoms with Gasteiger partial charge in [-0.05, 0) is 18.8 Å². The smallest absolute Gasteiger partial charge is 0.158 e. The van der Waals surface area contributed by atoms with Crippen LogP contribution in [0.5, 0.6) is 0 Å². The molecule has 2 N–H and O–H groups in total. The number of rotatable bonds is 1. The molecule has 1 aliphatic rings. The fourth-order valence-electron chi connectivity index (χ4n) is 2.20. The molecule has 0 unspecified atom stereocenters. The highest BCUT2D eigenvalue weighted by molar-refractivity contribution is 5.51. The van der Waals surface area contributed by atoms with E-state index in [1.54, 1.807) is 16.9 Å². The van der Waals surface area contributed by atoms with Crippen molar-refractivity contribution in [2.75, 3.05) is 18.9 Å². The minimum absolute atomic E-state index is 0.516. The van der Waals surface area contributed by atoms with E-state index in [2.05, 4.69) is 10.1 Å². The van der Waals surface area contributed by atoms with Crippen LogP contribution in [0.3, 0.4) is 0 Å². The summed E-state index contributed by atoms with van der Waals surface area (Å²) in [5.74, 6) is 0.516. The van der Waals surface area contributed by atoms with Gasteiger partial charge in [0.15, 0.2) is 5.65 Å². The van der Waals surface area contributed by atoms with E-state index in [9.17, 15) is 0 Å². The van der Waals surface area contributed by atoms with Crippen LogP contribution in [-0.2, 0) is 4.74 Å². The third-order valence-electron chi connectivity index (χ3n) is 3.06. The van der Waals surface area contributed by atoms with Crippen LogP contribution in [0.4, 0.5) is 5.69 Å². The minimum atomic E-state index is 0.516. The highest BCUT2D eigenvalue weighted by atomic mass is 16.5. The minimum Gasteiger partial charge on any atom is -0.396 e. The summed E-state index contributed by atoms with van der Waals surface area (Å²) in [6, 6.07) is 0. The fourth-order valence-corrected chi connectivity index (χ4v) is 2.20. The number of anilines is 1. The summed E-state index contributed by atoms with van der Waals surface area (Å²) in [6.45, 7) is 1.66. The Morgan fingerprint density at radius 1 is 1.31 bits per heavy atom. The molecule has 3 heterocycles. The van der Waals surface area contributed by atoms with E-state index in [0.29, 0.717) is 11.6 Å². The Bertz CT molecular complexity index is 502. The van der Waals surface area contributed by atoms with E-state index in [1.165, 1.54) is 5.56 Å². The van der Waals surface area contributed by atoms with Crippen molar-refractivity contribution in [2.24, 2.45) is 0 Å². The maximum Gasteiger partial charge on any atom is 0.158 e. The molecule has 2 aromatic rings. The van der Waals surface area contributed by atoms with Gasteiger partial charge in [-0.1, -0.05) is 0 Å². The summed E-state index contributed by atoms with van der Waals surface area (Å²) in [6.07, 6.45) is 7.48. The van der Waals surface area contributed by atoms with Crippen LogP contribution in [0.25, 0.3) is 5.65 Å². The van der Waals surface area contributed by atoms with Crippen LogP contribution in [0.2, 0.25) is 0 Å². The molecule has 5 nitrogen and oxygen atoms in total. The number of nitrogen functional groups attached to an aromatic ring is 1. The lowest BCUT2D eigenvalue weighted by Crippen LogP contribution is -2.14. The largest absolute Gasteiger partial charge is 0.396 e. The number of nitrogens with two attached hydrogens (primary N) is 1. The second-order valence-corrected chi connectivity index (χ2v) is 4.14. The van der Waals surface area contributed by atoms with Gasteiger partial charge in [0.25, 0.3) is 0 Å². The number of fused-ring (bicyclic) bond motifs is 1. The third kappa shape index (κ3) is 1.53. The van der Waals surface area contributed by atoms with Crippen molar-refractivity contribution in [3.8, 4) is 0 Å². The fraction of sp³-hybridized carbons (Fsp3) is 0.455. The molecule has 2 aromatic heterocycles. The summed E-state index contributed by atoms with van der Waals surface area (Å²) in [5.41, 5.74) is 8.43. The van der Waals surface area contributed by atoms with E-state index in [-0.39, 0.29) is 0 Å². The predicted octanol–water partition coefficient (Wildman–Crippen LogP) is 1.21. The van der Waals surface area contributed by atoms with Crippen molar-refractivity contribution in [1.29, 1.82) is 0 Å². The molecule has 1 aliphatic heterocycles. The molecule has 0 bridgehead atoms. The van der Waals surface area contributed by atoms with Crippen LogP contribution in [0, 0.1) is 0 Å². The molecule has 5 heteroatoms. The van der Waals surface area contributed by atoms with Crippen molar-refractivity contribution in [3.05, 3.63) is 24.2 Å². The highest BCUT2D eigenvalue weighted by Gasteiger charge is 2.20. The Morgan fingerprint density at radius 2 is 2.12 bits per heavy atom. The van der Waals surface area contributed by atoms with Crippen molar-refractivity contribution in [2.45, 2.75) is 18.8 Å². The second-order valence-electron chi connectivity index (χ2n) is 4.14. The molecule has 0 amide bonds. The average Bonchev–Trinajstić information content (AvgIpc) is 2.73. The van der Waals surface area contributed by atoms with Gasteiger partial charge in [-0.2, -0.15) is 5.10 Å². The summed E-state index contributed by atoms with van der Waals surface area (Å²) < 4.78 is 7.11. The highest BCUT2D eigenvalue weighted by Crippen LogP contribution is 2.29. The van der Waals surface area contributed by atoms with Gasteiger partial charge in [0, 0.05) is 18.8 Å². The first-order chi connectivity index (χ1) is 7.84. The van der Waals surface area contributed by atoms with E-state index >= 15 is 0 Å². The quantitative estimate of drug-likeness (QED) is 0.781. The normalized spacial score (nSPS) is 18.0. The van der Waals surface area contributed by atoms with Gasteiger partial charge in [-0.3, -0.25) is 0 Å². The van der Waals surface area contributed by atoms with Gasteiger partial charge in [0.1, 0.15) is 0 Å². The Hall–Kier alpha value is -1.62. The van der Waals surface area contributed by atoms with Crippen LogP contribution >= 0.6 is 0 Å². The Labute approximate surface area is 93.2 Å². The van der Waals surface area contributed by atoms with Gasteiger partial charge in [0.2, 0.25) is 0 Å². The second kappa shape index (κ2) is 3.75. The summed E-state index contributed by atoms with van der Waals surface area (Å²) in [7, 11) is 0. The topological polar surface area (TPSA) is 65.4 Å². The third-order valence-corrected chi connectivity index (χ3v) is 3.06. The van der Waals surface area contributed by atoms with Crippen molar-refractivity contribution in [1.82, 2.24) is 14.6 Å². The SMILES string of the molecule is Nc1cnc2c(C3CCOCC3)cnn2c1. The van der Waals surface area contributed by atoms with Crippen LogP contribution < -0.4 is 5.73 Å². The summed E-state index contributed by atoms with van der Waals surface area (Å²) >= 11 is 0. The number of nitrogens with zero attached hydrogens (tertiary/aromatic N) is 3. The molecular formula is C11H14N4O. The zero-order valence-corrected chi connectivity index (χ0v) is 8.97. The maximum absolute atomic E-state index is 5.67. The van der Waals surface area contributed by atoms with Gasteiger partial charge in [0.05, 0.1) is 24.3 Å². The average molecular weight is 218 g/mol. The van der Waals surface area contributed by atoms with E-state index in [4.69, 9.17) is 10.5 Å². The number of hydrogen-bond acceptors (Lipinski definition) is 4. The molecule has 1 saturated heterocycles. The summed E-state index contributed by atoms with van der Waals surface area (Å²) in [5, 5.41) is 4.29. The van der Waals surface area contributed by atoms with Gasteiger partial charge in [-0.15, -0.1) is 0 Å². The van der Waals surface area contributed by atoms with E-state index < -0.39 is 0 Å². The molecule has 0 radical (unpaired) electrons. The molecule has 84 valence electrons. The zero-order valence-electron chi connectivity index (χ0n) is 8.97.